The maximum Gasteiger partial charge on any atom is 0.263 e. The number of aromatic nitrogens is 2. The SMILES string of the molecule is O=C(NCCC1=CCCCC1)c1ccc2c(=O)n(Cc3ccccc3)c(N3CCCC3)nc2c1. The van der Waals surface area contributed by atoms with E-state index in [-0.39, 0.29) is 11.5 Å². The van der Waals surface area contributed by atoms with E-state index in [9.17, 15) is 9.59 Å². The molecule has 176 valence electrons. The van der Waals surface area contributed by atoms with Gasteiger partial charge in [0.1, 0.15) is 0 Å². The molecule has 2 aliphatic rings. The third-order valence-corrected chi connectivity index (χ3v) is 6.89. The number of nitrogens with one attached hydrogen (secondary N) is 1. The molecule has 2 aromatic carbocycles. The van der Waals surface area contributed by atoms with Crippen LogP contribution in [0.25, 0.3) is 10.9 Å². The number of fused-ring (bicyclic) bond motifs is 1. The largest absolute Gasteiger partial charge is 0.352 e. The first kappa shape index (κ1) is 22.4. The molecule has 34 heavy (non-hydrogen) atoms. The molecular weight excluding hydrogens is 424 g/mol. The van der Waals surface area contributed by atoms with Gasteiger partial charge in [-0.3, -0.25) is 14.2 Å². The molecule has 5 rings (SSSR count). The van der Waals surface area contributed by atoms with E-state index in [0.717, 1.165) is 50.8 Å². The number of rotatable bonds is 7. The van der Waals surface area contributed by atoms with E-state index in [4.69, 9.17) is 4.98 Å². The van der Waals surface area contributed by atoms with Crippen LogP contribution in [0.15, 0.2) is 65.0 Å². The summed E-state index contributed by atoms with van der Waals surface area (Å²) in [6, 6.07) is 15.3. The van der Waals surface area contributed by atoms with Crippen molar-refractivity contribution in [3.63, 3.8) is 0 Å². The van der Waals surface area contributed by atoms with Gasteiger partial charge in [0, 0.05) is 25.2 Å². The molecule has 6 heteroatoms. The topological polar surface area (TPSA) is 67.2 Å². The maximum atomic E-state index is 13.5. The van der Waals surface area contributed by atoms with E-state index < -0.39 is 0 Å². The van der Waals surface area contributed by atoms with Crippen molar-refractivity contribution in [3.05, 3.63) is 81.7 Å². The molecule has 0 saturated carbocycles. The van der Waals surface area contributed by atoms with E-state index in [2.05, 4.69) is 16.3 Å². The Morgan fingerprint density at radius 1 is 1.00 bits per heavy atom. The van der Waals surface area contributed by atoms with Crippen LogP contribution >= 0.6 is 0 Å². The molecule has 1 aliphatic carbocycles. The fourth-order valence-electron chi connectivity index (χ4n) is 4.99. The van der Waals surface area contributed by atoms with Crippen molar-refractivity contribution in [3.8, 4) is 0 Å². The van der Waals surface area contributed by atoms with Crippen molar-refractivity contribution >= 4 is 22.8 Å². The van der Waals surface area contributed by atoms with Gasteiger partial charge >= 0.3 is 0 Å². The Hall–Kier alpha value is -3.41. The van der Waals surface area contributed by atoms with Gasteiger partial charge in [-0.05, 0) is 68.7 Å². The molecular formula is C28H32N4O2. The average Bonchev–Trinajstić information content (AvgIpc) is 3.41. The van der Waals surface area contributed by atoms with Crippen molar-refractivity contribution in [2.75, 3.05) is 24.5 Å². The Bertz CT molecular complexity index is 1260. The molecule has 3 aromatic rings. The minimum Gasteiger partial charge on any atom is -0.352 e. The number of carbonyl (C=O) groups is 1. The highest BCUT2D eigenvalue weighted by Gasteiger charge is 2.21. The lowest BCUT2D eigenvalue weighted by atomic mass is 9.97. The predicted molar refractivity (Wildman–Crippen MR) is 136 cm³/mol. The smallest absolute Gasteiger partial charge is 0.263 e. The van der Waals surface area contributed by atoms with Crippen molar-refractivity contribution in [1.29, 1.82) is 0 Å². The molecule has 0 bridgehead atoms. The summed E-state index contributed by atoms with van der Waals surface area (Å²) in [5, 5.41) is 3.58. The number of benzene rings is 2. The van der Waals surface area contributed by atoms with Gasteiger partial charge in [-0.1, -0.05) is 42.0 Å². The molecule has 0 spiro atoms. The van der Waals surface area contributed by atoms with Crippen LogP contribution in [0.5, 0.6) is 0 Å². The number of carbonyl (C=O) groups excluding carboxylic acids is 1. The monoisotopic (exact) mass is 456 g/mol. The number of hydrogen-bond donors (Lipinski definition) is 1. The van der Waals surface area contributed by atoms with Gasteiger partial charge in [0.15, 0.2) is 0 Å². The molecule has 6 nitrogen and oxygen atoms in total. The highest BCUT2D eigenvalue weighted by molar-refractivity contribution is 5.97. The van der Waals surface area contributed by atoms with Gasteiger partial charge in [-0.25, -0.2) is 4.98 Å². The molecule has 1 saturated heterocycles. The van der Waals surface area contributed by atoms with E-state index in [1.165, 1.54) is 18.4 Å². The fraction of sp³-hybridized carbons (Fsp3) is 0.393. The van der Waals surface area contributed by atoms with E-state index >= 15 is 0 Å². The van der Waals surface area contributed by atoms with E-state index in [1.807, 2.05) is 30.3 Å². The first-order valence-corrected chi connectivity index (χ1v) is 12.5. The molecule has 0 unspecified atom stereocenters. The molecule has 1 N–H and O–H groups in total. The zero-order valence-corrected chi connectivity index (χ0v) is 19.6. The summed E-state index contributed by atoms with van der Waals surface area (Å²) in [7, 11) is 0. The Balaban J connectivity index is 1.42. The van der Waals surface area contributed by atoms with Crippen molar-refractivity contribution in [2.24, 2.45) is 0 Å². The van der Waals surface area contributed by atoms with Gasteiger partial charge in [-0.15, -0.1) is 0 Å². The van der Waals surface area contributed by atoms with Crippen molar-refractivity contribution in [1.82, 2.24) is 14.9 Å². The quantitative estimate of drug-likeness (QED) is 0.525. The molecule has 1 amide bonds. The predicted octanol–water partition coefficient (Wildman–Crippen LogP) is 4.67. The second-order valence-electron chi connectivity index (χ2n) is 9.33. The minimum atomic E-state index is -0.115. The van der Waals surface area contributed by atoms with Crippen LogP contribution in [-0.4, -0.2) is 35.1 Å². The summed E-state index contributed by atoms with van der Waals surface area (Å²) in [5.74, 6) is 0.581. The molecule has 1 aromatic heterocycles. The lowest BCUT2D eigenvalue weighted by Gasteiger charge is -2.22. The van der Waals surface area contributed by atoms with Crippen molar-refractivity contribution < 1.29 is 4.79 Å². The summed E-state index contributed by atoms with van der Waals surface area (Å²) in [5.41, 5.74) is 3.58. The zero-order valence-electron chi connectivity index (χ0n) is 19.6. The van der Waals surface area contributed by atoms with Gasteiger partial charge < -0.3 is 10.2 Å². The maximum absolute atomic E-state index is 13.5. The highest BCUT2D eigenvalue weighted by Crippen LogP contribution is 2.22. The Morgan fingerprint density at radius 3 is 2.59 bits per heavy atom. The number of amides is 1. The normalized spacial score (nSPS) is 16.0. The second-order valence-corrected chi connectivity index (χ2v) is 9.33. The highest BCUT2D eigenvalue weighted by atomic mass is 16.1. The second kappa shape index (κ2) is 10.2. The summed E-state index contributed by atoms with van der Waals surface area (Å²) >= 11 is 0. The van der Waals surface area contributed by atoms with Crippen LogP contribution in [0.1, 0.15) is 60.9 Å². The molecule has 0 atom stereocenters. The fourth-order valence-corrected chi connectivity index (χ4v) is 4.99. The number of allylic oxidation sites excluding steroid dienone is 1. The first-order chi connectivity index (χ1) is 16.7. The first-order valence-electron chi connectivity index (χ1n) is 12.5. The van der Waals surface area contributed by atoms with Gasteiger partial charge in [0.05, 0.1) is 17.4 Å². The average molecular weight is 457 g/mol. The molecule has 1 aliphatic heterocycles. The van der Waals surface area contributed by atoms with E-state index in [1.54, 1.807) is 22.8 Å². The van der Waals surface area contributed by atoms with Crippen LogP contribution in [0.3, 0.4) is 0 Å². The Morgan fingerprint density at radius 2 is 1.82 bits per heavy atom. The number of hydrogen-bond acceptors (Lipinski definition) is 4. The third-order valence-electron chi connectivity index (χ3n) is 6.89. The van der Waals surface area contributed by atoms with Gasteiger partial charge in [-0.2, -0.15) is 0 Å². The van der Waals surface area contributed by atoms with Crippen molar-refractivity contribution in [2.45, 2.75) is 51.5 Å². The number of nitrogens with zero attached hydrogens (tertiary/aromatic N) is 3. The summed E-state index contributed by atoms with van der Waals surface area (Å²) < 4.78 is 1.78. The molecule has 1 fully saturated rings. The van der Waals surface area contributed by atoms with E-state index in [0.29, 0.717) is 35.5 Å². The van der Waals surface area contributed by atoms with Crippen LogP contribution in [0.2, 0.25) is 0 Å². The van der Waals surface area contributed by atoms with Gasteiger partial charge in [0.25, 0.3) is 11.5 Å². The van der Waals surface area contributed by atoms with Crippen LogP contribution < -0.4 is 15.8 Å². The Kier molecular flexibility index (Phi) is 6.74. The summed E-state index contributed by atoms with van der Waals surface area (Å²) in [6.45, 7) is 2.89. The lowest BCUT2D eigenvalue weighted by Crippen LogP contribution is -2.32. The lowest BCUT2D eigenvalue weighted by molar-refractivity contribution is 0.0954. The number of anilines is 1. The van der Waals surface area contributed by atoms with Gasteiger partial charge in [0.2, 0.25) is 5.95 Å². The van der Waals surface area contributed by atoms with Crippen LogP contribution in [-0.2, 0) is 6.54 Å². The van der Waals surface area contributed by atoms with Crippen LogP contribution in [0, 0.1) is 0 Å². The summed E-state index contributed by atoms with van der Waals surface area (Å²) in [4.78, 5) is 33.4. The molecule has 0 radical (unpaired) electrons. The van der Waals surface area contributed by atoms with Crippen LogP contribution in [0.4, 0.5) is 5.95 Å². The molecule has 2 heterocycles. The minimum absolute atomic E-state index is 0.0630. The third kappa shape index (κ3) is 4.91. The standard InChI is InChI=1S/C28H32N4O2/c33-26(29-16-15-21-9-3-1-4-10-21)23-13-14-24-25(19-23)30-28(31-17-7-8-18-31)32(27(24)34)20-22-11-5-2-6-12-22/h2,5-6,9,11-14,19H,1,3-4,7-8,10,15-18,20H2,(H,29,33). The zero-order chi connectivity index (χ0) is 23.3. The summed E-state index contributed by atoms with van der Waals surface area (Å²) in [6.07, 6.45) is 10.2. The Labute approximate surface area is 200 Å².